The topological polar surface area (TPSA) is 99.6 Å². The highest BCUT2D eigenvalue weighted by molar-refractivity contribution is 7.89. The molecule has 8 heteroatoms. The summed E-state index contributed by atoms with van der Waals surface area (Å²) in [7, 11) is 0.0150. The number of carboxylic acids is 1. The lowest BCUT2D eigenvalue weighted by molar-refractivity contribution is -0.131. The minimum atomic E-state index is -3.69. The summed E-state index contributed by atoms with van der Waals surface area (Å²) >= 11 is 0. The third-order valence-corrected chi connectivity index (χ3v) is 4.01. The summed E-state index contributed by atoms with van der Waals surface area (Å²) < 4.78 is 27.0. The van der Waals surface area contributed by atoms with Crippen molar-refractivity contribution in [2.75, 3.05) is 20.6 Å². The first-order valence-corrected chi connectivity index (χ1v) is 7.72. The molecule has 0 aliphatic heterocycles. The lowest BCUT2D eigenvalue weighted by atomic mass is 10.2. The van der Waals surface area contributed by atoms with E-state index in [9.17, 15) is 13.2 Å². The molecule has 0 saturated carbocycles. The van der Waals surface area contributed by atoms with Crippen molar-refractivity contribution in [2.45, 2.75) is 17.9 Å². The molecule has 1 heterocycles. The minimum absolute atomic E-state index is 0.000597. The van der Waals surface area contributed by atoms with Crippen molar-refractivity contribution in [1.29, 1.82) is 0 Å². The maximum Gasteiger partial charge on any atom is 0.328 e. The van der Waals surface area contributed by atoms with Crippen LogP contribution in [-0.2, 0) is 14.8 Å². The van der Waals surface area contributed by atoms with Gasteiger partial charge in [-0.1, -0.05) is 0 Å². The monoisotopic (exact) mass is 313 g/mol. The van der Waals surface area contributed by atoms with Crippen molar-refractivity contribution in [3.05, 3.63) is 30.1 Å². The molecular formula is C13H19N3O4S. The Morgan fingerprint density at radius 1 is 1.48 bits per heavy atom. The molecule has 116 valence electrons. The Kier molecular flexibility index (Phi) is 6.01. The number of carboxylic acid groups (broad SMARTS) is 1. The second kappa shape index (κ2) is 7.30. The van der Waals surface area contributed by atoms with E-state index in [2.05, 4.69) is 9.71 Å². The molecule has 1 rings (SSSR count). The number of pyridine rings is 1. The fourth-order valence-electron chi connectivity index (χ4n) is 1.76. The van der Waals surface area contributed by atoms with E-state index in [0.29, 0.717) is 12.1 Å². The molecule has 0 aliphatic carbocycles. The van der Waals surface area contributed by atoms with E-state index in [1.165, 1.54) is 24.5 Å². The molecule has 0 saturated heterocycles. The van der Waals surface area contributed by atoms with Gasteiger partial charge >= 0.3 is 5.97 Å². The summed E-state index contributed by atoms with van der Waals surface area (Å²) in [5.41, 5.74) is 0.403. The molecule has 0 spiro atoms. The van der Waals surface area contributed by atoms with Gasteiger partial charge in [0, 0.05) is 31.1 Å². The predicted molar refractivity (Wildman–Crippen MR) is 79.2 cm³/mol. The highest BCUT2D eigenvalue weighted by Gasteiger charge is 2.18. The van der Waals surface area contributed by atoms with Crippen molar-refractivity contribution >= 4 is 22.1 Å². The fourth-order valence-corrected chi connectivity index (χ4v) is 2.99. The van der Waals surface area contributed by atoms with Gasteiger partial charge in [0.25, 0.3) is 0 Å². The van der Waals surface area contributed by atoms with E-state index in [1.807, 2.05) is 19.0 Å². The molecule has 0 bridgehead atoms. The van der Waals surface area contributed by atoms with Gasteiger partial charge in [0.15, 0.2) is 0 Å². The molecule has 1 atom stereocenters. The second-order valence-electron chi connectivity index (χ2n) is 4.91. The first-order chi connectivity index (χ1) is 9.70. The van der Waals surface area contributed by atoms with Crippen LogP contribution in [0.15, 0.2) is 29.4 Å². The third kappa shape index (κ3) is 6.03. The minimum Gasteiger partial charge on any atom is -0.478 e. The lowest BCUT2D eigenvalue weighted by Crippen LogP contribution is -2.39. The molecule has 1 unspecified atom stereocenters. The van der Waals surface area contributed by atoms with Crippen LogP contribution in [0.25, 0.3) is 6.08 Å². The van der Waals surface area contributed by atoms with Crippen LogP contribution in [0.4, 0.5) is 0 Å². The average Bonchev–Trinajstić information content (AvgIpc) is 2.35. The molecule has 0 amide bonds. The summed E-state index contributed by atoms with van der Waals surface area (Å²) in [4.78, 5) is 16.2. The van der Waals surface area contributed by atoms with Gasteiger partial charge in [-0.05, 0) is 38.7 Å². The Morgan fingerprint density at radius 3 is 2.71 bits per heavy atom. The first-order valence-electron chi connectivity index (χ1n) is 6.24. The van der Waals surface area contributed by atoms with Crippen LogP contribution >= 0.6 is 0 Å². The Balaban J connectivity index is 2.93. The zero-order chi connectivity index (χ0) is 16.0. The molecule has 1 aromatic rings. The molecule has 2 N–H and O–H groups in total. The molecule has 21 heavy (non-hydrogen) atoms. The van der Waals surface area contributed by atoms with E-state index in [1.54, 1.807) is 6.92 Å². The fraction of sp³-hybridized carbons (Fsp3) is 0.385. The normalized spacial score (nSPS) is 13.7. The van der Waals surface area contributed by atoms with Crippen LogP contribution in [-0.4, -0.2) is 56.1 Å². The number of aromatic nitrogens is 1. The molecular weight excluding hydrogens is 294 g/mol. The number of likely N-dealkylation sites (N-methyl/N-ethyl adjacent to an activating group) is 1. The van der Waals surface area contributed by atoms with Gasteiger partial charge in [-0.3, -0.25) is 4.98 Å². The van der Waals surface area contributed by atoms with Gasteiger partial charge < -0.3 is 10.0 Å². The first kappa shape index (κ1) is 17.3. The van der Waals surface area contributed by atoms with Crippen LogP contribution in [0.3, 0.4) is 0 Å². The van der Waals surface area contributed by atoms with Gasteiger partial charge in [-0.15, -0.1) is 0 Å². The summed E-state index contributed by atoms with van der Waals surface area (Å²) in [5, 5.41) is 8.56. The summed E-state index contributed by atoms with van der Waals surface area (Å²) in [6.45, 7) is 2.32. The Bertz CT molecular complexity index is 626. The maximum atomic E-state index is 12.2. The van der Waals surface area contributed by atoms with Crippen LogP contribution < -0.4 is 4.72 Å². The van der Waals surface area contributed by atoms with E-state index >= 15 is 0 Å². The van der Waals surface area contributed by atoms with Gasteiger partial charge in [-0.2, -0.15) is 0 Å². The number of carbonyl (C=O) groups is 1. The summed E-state index contributed by atoms with van der Waals surface area (Å²) in [5.74, 6) is -1.11. The van der Waals surface area contributed by atoms with Crippen LogP contribution in [0.1, 0.15) is 12.5 Å². The van der Waals surface area contributed by atoms with Crippen molar-refractivity contribution in [1.82, 2.24) is 14.6 Å². The highest BCUT2D eigenvalue weighted by Crippen LogP contribution is 2.11. The molecule has 0 radical (unpaired) electrons. The maximum absolute atomic E-state index is 12.2. The Hall–Kier alpha value is -1.77. The molecule has 0 aromatic carbocycles. The third-order valence-electron chi connectivity index (χ3n) is 2.46. The average molecular weight is 313 g/mol. The van der Waals surface area contributed by atoms with Crippen LogP contribution in [0, 0.1) is 0 Å². The standard InChI is InChI=1S/C13H19N3O4S/c1-10(9-16(2)3)15-21(19,20)12-6-11(7-14-8-12)4-5-13(17)18/h4-8,10,15H,9H2,1-3H3,(H,17,18)/b5-4+. The summed E-state index contributed by atoms with van der Waals surface area (Å²) in [6, 6.07) is 1.11. The molecule has 1 aromatic heterocycles. The van der Waals surface area contributed by atoms with Gasteiger partial charge in [0.05, 0.1) is 0 Å². The van der Waals surface area contributed by atoms with Gasteiger partial charge in [0.1, 0.15) is 4.90 Å². The number of aliphatic carboxylic acids is 1. The Morgan fingerprint density at radius 2 is 2.14 bits per heavy atom. The largest absolute Gasteiger partial charge is 0.478 e. The molecule has 7 nitrogen and oxygen atoms in total. The summed E-state index contributed by atoms with van der Waals surface area (Å²) in [6.07, 6.45) is 4.83. The van der Waals surface area contributed by atoms with Crippen LogP contribution in [0.5, 0.6) is 0 Å². The van der Waals surface area contributed by atoms with Crippen molar-refractivity contribution in [2.24, 2.45) is 0 Å². The van der Waals surface area contributed by atoms with Gasteiger partial charge in [-0.25, -0.2) is 17.9 Å². The van der Waals surface area contributed by atoms with E-state index in [0.717, 1.165) is 6.08 Å². The highest BCUT2D eigenvalue weighted by atomic mass is 32.2. The van der Waals surface area contributed by atoms with Crippen molar-refractivity contribution in [3.8, 4) is 0 Å². The quantitative estimate of drug-likeness (QED) is 0.707. The number of hydrogen-bond acceptors (Lipinski definition) is 5. The Labute approximate surface area is 124 Å². The lowest BCUT2D eigenvalue weighted by Gasteiger charge is -2.18. The second-order valence-corrected chi connectivity index (χ2v) is 6.62. The predicted octanol–water partition coefficient (Wildman–Crippen LogP) is 0.408. The number of sulfonamides is 1. The van der Waals surface area contributed by atoms with Crippen LogP contribution in [0.2, 0.25) is 0 Å². The smallest absolute Gasteiger partial charge is 0.328 e. The number of rotatable bonds is 7. The SMILES string of the molecule is CC(CN(C)C)NS(=O)(=O)c1cncc(/C=C/C(=O)O)c1. The van der Waals surface area contributed by atoms with Crippen molar-refractivity contribution < 1.29 is 18.3 Å². The molecule has 0 fully saturated rings. The van der Waals surface area contributed by atoms with Gasteiger partial charge in [0.2, 0.25) is 10.0 Å². The zero-order valence-corrected chi connectivity index (χ0v) is 13.0. The van der Waals surface area contributed by atoms with Crippen molar-refractivity contribution in [3.63, 3.8) is 0 Å². The zero-order valence-electron chi connectivity index (χ0n) is 12.1. The van der Waals surface area contributed by atoms with E-state index < -0.39 is 16.0 Å². The number of hydrogen-bond donors (Lipinski definition) is 2. The number of nitrogens with one attached hydrogen (secondary N) is 1. The number of nitrogens with zero attached hydrogens (tertiary/aromatic N) is 2. The van der Waals surface area contributed by atoms with E-state index in [-0.39, 0.29) is 10.9 Å². The van der Waals surface area contributed by atoms with E-state index in [4.69, 9.17) is 5.11 Å². The molecule has 0 aliphatic rings.